The van der Waals surface area contributed by atoms with Crippen LogP contribution in [-0.4, -0.2) is 28.7 Å². The lowest BCUT2D eigenvalue weighted by Gasteiger charge is -2.49. The van der Waals surface area contributed by atoms with Crippen molar-refractivity contribution in [2.24, 2.45) is 0 Å². The second-order valence-electron chi connectivity index (χ2n) is 12.0. The summed E-state index contributed by atoms with van der Waals surface area (Å²) in [5, 5.41) is 1.94. The second-order valence-corrected chi connectivity index (χ2v) is 12.0. The summed E-state index contributed by atoms with van der Waals surface area (Å²) in [4.78, 5) is 29.4. The number of hydrogen-bond donors (Lipinski definition) is 0. The van der Waals surface area contributed by atoms with E-state index in [0.717, 1.165) is 22.3 Å². The Bertz CT molecular complexity index is 2160. The molecule has 3 aliphatic rings. The van der Waals surface area contributed by atoms with Crippen LogP contribution in [-0.2, 0) is 25.0 Å². The van der Waals surface area contributed by atoms with Crippen LogP contribution >= 0.6 is 0 Å². The van der Waals surface area contributed by atoms with Crippen LogP contribution < -0.4 is 15.2 Å². The predicted molar refractivity (Wildman–Crippen MR) is 171 cm³/mol. The maximum absolute atomic E-state index is 15.1. The molecule has 6 nitrogen and oxygen atoms in total. The molecular formula is C38H28F3N3O3. The molecule has 1 aromatic heterocycles. The van der Waals surface area contributed by atoms with Crippen LogP contribution in [0.25, 0.3) is 6.08 Å². The summed E-state index contributed by atoms with van der Waals surface area (Å²) in [5.74, 6) is -2.83. The van der Waals surface area contributed by atoms with Crippen molar-refractivity contribution in [3.8, 4) is 5.75 Å². The highest BCUT2D eigenvalue weighted by atomic mass is 19.2. The number of rotatable bonds is 7. The number of nitrogens with zero attached hydrogens (tertiary/aromatic N) is 3. The number of amides is 1. The monoisotopic (exact) mass is 631 g/mol. The predicted octanol–water partition coefficient (Wildman–Crippen LogP) is 6.34. The lowest BCUT2D eigenvalue weighted by atomic mass is 9.83. The van der Waals surface area contributed by atoms with Crippen molar-refractivity contribution in [1.82, 2.24) is 9.58 Å². The van der Waals surface area contributed by atoms with Gasteiger partial charge in [0, 0.05) is 18.8 Å². The highest BCUT2D eigenvalue weighted by Gasteiger charge is 2.55. The number of fused-ring (bicyclic) bond motifs is 6. The summed E-state index contributed by atoms with van der Waals surface area (Å²) in [6, 6.07) is 27.1. The van der Waals surface area contributed by atoms with Crippen LogP contribution in [0, 0.1) is 17.5 Å². The normalized spacial score (nSPS) is 17.6. The molecule has 0 spiro atoms. The molecule has 0 bridgehead atoms. The third-order valence-electron chi connectivity index (χ3n) is 9.32. The number of pyridine rings is 1. The van der Waals surface area contributed by atoms with E-state index in [1.54, 1.807) is 27.9 Å². The van der Waals surface area contributed by atoms with Crippen molar-refractivity contribution in [2.75, 3.05) is 18.2 Å². The Balaban J connectivity index is 1.32. The largest absolute Gasteiger partial charge is 0.482 e. The third-order valence-corrected chi connectivity index (χ3v) is 9.32. The first-order valence-electron chi connectivity index (χ1n) is 15.4. The van der Waals surface area contributed by atoms with E-state index in [2.05, 4.69) is 0 Å². The molecule has 1 aliphatic heterocycles. The molecule has 2 aliphatic carbocycles. The SMILES string of the molecule is O=C1c2c(OCc3ccccc3)c(=O)ccn2N(C23C(=Cc4ccccc42)Cc2cc(F)c(F)cc23)CN1CCc1cccc(F)c1. The van der Waals surface area contributed by atoms with Gasteiger partial charge in [-0.05, 0) is 76.1 Å². The summed E-state index contributed by atoms with van der Waals surface area (Å²) in [6.45, 7) is 0.282. The van der Waals surface area contributed by atoms with Gasteiger partial charge in [0.25, 0.3) is 5.91 Å². The topological polar surface area (TPSA) is 54.8 Å². The van der Waals surface area contributed by atoms with Gasteiger partial charge in [-0.3, -0.25) is 19.3 Å². The number of aromatic nitrogens is 1. The van der Waals surface area contributed by atoms with E-state index in [1.165, 1.54) is 30.3 Å². The molecule has 2 heterocycles. The van der Waals surface area contributed by atoms with Crippen LogP contribution in [0.1, 0.15) is 43.9 Å². The number of carbonyl (C=O) groups is 1. The molecule has 5 aromatic rings. The van der Waals surface area contributed by atoms with Gasteiger partial charge in [0.2, 0.25) is 5.43 Å². The van der Waals surface area contributed by atoms with E-state index in [1.807, 2.05) is 65.7 Å². The Morgan fingerprint density at radius 2 is 1.55 bits per heavy atom. The lowest BCUT2D eigenvalue weighted by Crippen LogP contribution is -2.62. The average Bonchev–Trinajstić information content (AvgIpc) is 3.55. The van der Waals surface area contributed by atoms with Gasteiger partial charge in [0.05, 0.1) is 0 Å². The van der Waals surface area contributed by atoms with E-state index >= 15 is 4.39 Å². The zero-order valence-corrected chi connectivity index (χ0v) is 25.1. The quantitative estimate of drug-likeness (QED) is 0.211. The van der Waals surface area contributed by atoms with Crippen molar-refractivity contribution in [1.29, 1.82) is 0 Å². The van der Waals surface area contributed by atoms with Crippen molar-refractivity contribution in [2.45, 2.75) is 25.0 Å². The highest BCUT2D eigenvalue weighted by molar-refractivity contribution is 5.96. The van der Waals surface area contributed by atoms with Gasteiger partial charge in [-0.15, -0.1) is 0 Å². The number of halogens is 3. The van der Waals surface area contributed by atoms with Crippen LogP contribution in [0.3, 0.4) is 0 Å². The van der Waals surface area contributed by atoms with Gasteiger partial charge < -0.3 is 9.64 Å². The smallest absolute Gasteiger partial charge is 0.277 e. The van der Waals surface area contributed by atoms with Gasteiger partial charge in [0.15, 0.2) is 23.1 Å². The van der Waals surface area contributed by atoms with E-state index in [0.29, 0.717) is 29.5 Å². The first kappa shape index (κ1) is 28.9. The van der Waals surface area contributed by atoms with Crippen LogP contribution in [0.4, 0.5) is 13.2 Å². The molecule has 1 atom stereocenters. The molecular weight excluding hydrogens is 603 g/mol. The Morgan fingerprint density at radius 3 is 2.38 bits per heavy atom. The standard InChI is InChI=1S/C38H28F3N3O3/c39-29-11-6-9-24(17-29)13-15-42-23-44(43-16-14-34(45)36(35(43)37(42)46)47-22-25-7-2-1-3-8-25)38-28(18-26-10-4-5-12-30(26)38)19-27-20-32(40)33(41)21-31(27)38/h1-12,14,16-18,20-21H,13,15,19,22-23H2. The van der Waals surface area contributed by atoms with Crippen LogP contribution in [0.2, 0.25) is 0 Å². The Labute approximate surface area is 268 Å². The number of benzene rings is 4. The average molecular weight is 632 g/mol. The van der Waals surface area contributed by atoms with Gasteiger partial charge in [0.1, 0.15) is 24.6 Å². The molecule has 0 radical (unpaired) electrons. The molecule has 0 fully saturated rings. The zero-order chi connectivity index (χ0) is 32.3. The minimum Gasteiger partial charge on any atom is -0.482 e. The Morgan fingerprint density at radius 1 is 0.787 bits per heavy atom. The van der Waals surface area contributed by atoms with E-state index in [4.69, 9.17) is 4.74 Å². The van der Waals surface area contributed by atoms with Crippen molar-refractivity contribution in [3.05, 3.63) is 176 Å². The third kappa shape index (κ3) is 4.56. The van der Waals surface area contributed by atoms with Gasteiger partial charge in [-0.25, -0.2) is 13.2 Å². The van der Waals surface area contributed by atoms with Crippen LogP contribution in [0.15, 0.2) is 114 Å². The fraction of sp³-hybridized carbons (Fsp3) is 0.158. The summed E-state index contributed by atoms with van der Waals surface area (Å²) in [7, 11) is 0. The molecule has 1 unspecified atom stereocenters. The van der Waals surface area contributed by atoms with Gasteiger partial charge in [-0.2, -0.15) is 0 Å². The number of hydrogen-bond acceptors (Lipinski definition) is 4. The minimum atomic E-state index is -1.13. The molecule has 0 saturated carbocycles. The van der Waals surface area contributed by atoms with Crippen molar-refractivity contribution in [3.63, 3.8) is 0 Å². The van der Waals surface area contributed by atoms with E-state index in [9.17, 15) is 18.4 Å². The molecule has 0 saturated heterocycles. The highest BCUT2D eigenvalue weighted by Crippen LogP contribution is 2.55. The molecule has 9 heteroatoms. The summed E-state index contributed by atoms with van der Waals surface area (Å²) >= 11 is 0. The first-order chi connectivity index (χ1) is 22.8. The maximum Gasteiger partial charge on any atom is 0.277 e. The molecule has 8 rings (SSSR count). The Hall–Kier alpha value is -5.57. The summed E-state index contributed by atoms with van der Waals surface area (Å²) in [5.41, 5.74) is 3.79. The Kier molecular flexibility index (Phi) is 6.79. The van der Waals surface area contributed by atoms with E-state index < -0.39 is 28.5 Å². The van der Waals surface area contributed by atoms with Gasteiger partial charge >= 0.3 is 0 Å². The fourth-order valence-corrected chi connectivity index (χ4v) is 7.25. The van der Waals surface area contributed by atoms with Crippen LogP contribution in [0.5, 0.6) is 5.75 Å². The second kappa shape index (κ2) is 11.0. The van der Waals surface area contributed by atoms with E-state index in [-0.39, 0.29) is 37.1 Å². The summed E-state index contributed by atoms with van der Waals surface area (Å²) in [6.07, 6.45) is 4.28. The number of ether oxygens (including phenoxy) is 1. The van der Waals surface area contributed by atoms with Gasteiger partial charge in [-0.1, -0.05) is 72.8 Å². The van der Waals surface area contributed by atoms with Crippen molar-refractivity contribution >= 4 is 12.0 Å². The maximum atomic E-state index is 15.1. The molecule has 4 aromatic carbocycles. The number of carbonyl (C=O) groups excluding carboxylic acids is 1. The summed E-state index contributed by atoms with van der Waals surface area (Å²) < 4.78 is 51.6. The molecule has 0 N–H and O–H groups in total. The molecule has 1 amide bonds. The fourth-order valence-electron chi connectivity index (χ4n) is 7.25. The first-order valence-corrected chi connectivity index (χ1v) is 15.4. The lowest BCUT2D eigenvalue weighted by molar-refractivity contribution is 0.0666. The van der Waals surface area contributed by atoms with Crippen molar-refractivity contribution < 1.29 is 22.7 Å². The minimum absolute atomic E-state index is 0.0214. The zero-order valence-electron chi connectivity index (χ0n) is 25.1. The molecule has 234 valence electrons. The molecule has 47 heavy (non-hydrogen) atoms.